The molecule has 0 saturated carbocycles. The molecule has 0 fully saturated rings. The van der Waals surface area contributed by atoms with E-state index >= 15 is 0 Å². The molecule has 0 bridgehead atoms. The number of hydrogen-bond acceptors (Lipinski definition) is 4. The molecule has 5 heteroatoms. The summed E-state index contributed by atoms with van der Waals surface area (Å²) >= 11 is 0. The first-order valence-electron chi connectivity index (χ1n) is 2.41. The maximum Gasteiger partial charge on any atom is 0.185 e. The van der Waals surface area contributed by atoms with Gasteiger partial charge in [-0.05, 0) is 0 Å². The van der Waals surface area contributed by atoms with Crippen LogP contribution < -0.4 is 0 Å². The van der Waals surface area contributed by atoms with Crippen molar-refractivity contribution in [1.29, 1.82) is 0 Å². The fourth-order valence-corrected chi connectivity index (χ4v) is 1.55. The van der Waals surface area contributed by atoms with Crippen LogP contribution in [0, 0.1) is 0 Å². The SMILES string of the molecule is O=S1CN=C2N=CN=C21. The summed E-state index contributed by atoms with van der Waals surface area (Å²) in [6, 6.07) is 0. The lowest BCUT2D eigenvalue weighted by molar-refractivity contribution is 0.691. The highest BCUT2D eigenvalue weighted by molar-refractivity contribution is 8.03. The Bertz CT molecular complexity index is 265. The summed E-state index contributed by atoms with van der Waals surface area (Å²) in [7, 11) is -1.01. The van der Waals surface area contributed by atoms with Gasteiger partial charge in [0.15, 0.2) is 10.9 Å². The van der Waals surface area contributed by atoms with Crippen LogP contribution in [0.15, 0.2) is 15.0 Å². The summed E-state index contributed by atoms with van der Waals surface area (Å²) in [6.07, 6.45) is 1.38. The van der Waals surface area contributed by atoms with Gasteiger partial charge in [0, 0.05) is 0 Å². The van der Waals surface area contributed by atoms with Gasteiger partial charge < -0.3 is 0 Å². The van der Waals surface area contributed by atoms with Gasteiger partial charge in [-0.2, -0.15) is 0 Å². The number of rotatable bonds is 0. The molecule has 0 aromatic heterocycles. The molecule has 0 aromatic carbocycles. The van der Waals surface area contributed by atoms with E-state index in [4.69, 9.17) is 0 Å². The largest absolute Gasteiger partial charge is 0.251 e. The van der Waals surface area contributed by atoms with Gasteiger partial charge in [0.1, 0.15) is 12.2 Å². The summed E-state index contributed by atoms with van der Waals surface area (Å²) < 4.78 is 10.8. The molecule has 0 spiro atoms. The third kappa shape index (κ3) is 0.578. The Morgan fingerprint density at radius 3 is 3.33 bits per heavy atom. The van der Waals surface area contributed by atoms with E-state index in [-0.39, 0.29) is 0 Å². The Labute approximate surface area is 53.9 Å². The molecule has 4 nitrogen and oxygen atoms in total. The molecule has 0 amide bonds. The lowest BCUT2D eigenvalue weighted by Gasteiger charge is -1.81. The quantitative estimate of drug-likeness (QED) is 0.450. The van der Waals surface area contributed by atoms with Crippen molar-refractivity contribution in [3.63, 3.8) is 0 Å². The zero-order chi connectivity index (χ0) is 6.27. The normalized spacial score (nSPS) is 30.0. The van der Waals surface area contributed by atoms with Crippen LogP contribution in [0.25, 0.3) is 0 Å². The Kier molecular flexibility index (Phi) is 0.869. The highest BCUT2D eigenvalue weighted by atomic mass is 32.2. The molecule has 1 unspecified atom stereocenters. The molecule has 2 heterocycles. The van der Waals surface area contributed by atoms with Gasteiger partial charge in [0.05, 0.1) is 10.8 Å². The summed E-state index contributed by atoms with van der Waals surface area (Å²) in [5.74, 6) is 0.888. The van der Waals surface area contributed by atoms with Crippen molar-refractivity contribution in [3.05, 3.63) is 0 Å². The van der Waals surface area contributed by atoms with Crippen molar-refractivity contribution in [1.82, 2.24) is 0 Å². The predicted molar refractivity (Wildman–Crippen MR) is 36.4 cm³/mol. The third-order valence-corrected chi connectivity index (χ3v) is 2.18. The molecule has 1 atom stereocenters. The summed E-state index contributed by atoms with van der Waals surface area (Å²) in [5.41, 5.74) is 0. The lowest BCUT2D eigenvalue weighted by atomic mass is 10.7. The van der Waals surface area contributed by atoms with Crippen molar-refractivity contribution in [3.8, 4) is 0 Å². The predicted octanol–water partition coefficient (Wildman–Crippen LogP) is -0.455. The number of nitrogens with zero attached hydrogens (tertiary/aromatic N) is 3. The topological polar surface area (TPSA) is 54.1 Å². The molecule has 2 rings (SSSR count). The van der Waals surface area contributed by atoms with Gasteiger partial charge in [0.25, 0.3) is 0 Å². The van der Waals surface area contributed by atoms with Gasteiger partial charge >= 0.3 is 0 Å². The Hall–Kier alpha value is -0.840. The summed E-state index contributed by atoms with van der Waals surface area (Å²) in [5, 5.41) is 0.537. The van der Waals surface area contributed by atoms with Crippen LogP contribution in [0.3, 0.4) is 0 Å². The van der Waals surface area contributed by atoms with Crippen molar-refractivity contribution < 1.29 is 4.21 Å². The average Bonchev–Trinajstić information content (AvgIpc) is 2.35. The minimum atomic E-state index is -1.01. The van der Waals surface area contributed by atoms with E-state index in [0.29, 0.717) is 16.8 Å². The van der Waals surface area contributed by atoms with Crippen LogP contribution in [0.1, 0.15) is 0 Å². The molecule has 0 saturated heterocycles. The zero-order valence-corrected chi connectivity index (χ0v) is 5.26. The minimum absolute atomic E-state index is 0.339. The van der Waals surface area contributed by atoms with Gasteiger partial charge in [-0.25, -0.2) is 9.98 Å². The fraction of sp³-hybridized carbons (Fsp3) is 0.250. The number of amidine groups is 1. The first kappa shape index (κ1) is 4.99. The molecule has 2 aliphatic heterocycles. The van der Waals surface area contributed by atoms with Crippen LogP contribution in [-0.4, -0.2) is 27.3 Å². The van der Waals surface area contributed by atoms with Crippen LogP contribution in [-0.2, 0) is 10.8 Å². The van der Waals surface area contributed by atoms with E-state index < -0.39 is 10.8 Å². The number of aliphatic imine (C=N–C) groups is 3. The Morgan fingerprint density at radius 1 is 1.67 bits per heavy atom. The van der Waals surface area contributed by atoms with E-state index in [1.165, 1.54) is 6.34 Å². The van der Waals surface area contributed by atoms with Crippen LogP contribution in [0.4, 0.5) is 0 Å². The second-order valence-electron chi connectivity index (χ2n) is 1.64. The standard InChI is InChI=1S/C4H3N3OS/c8-9-2-7-3-4(9)6-1-5-3/h1H,2H2. The molecule has 46 valence electrons. The van der Waals surface area contributed by atoms with Crippen molar-refractivity contribution >= 4 is 28.0 Å². The van der Waals surface area contributed by atoms with Gasteiger partial charge in [-0.1, -0.05) is 0 Å². The van der Waals surface area contributed by atoms with Crippen molar-refractivity contribution in [2.24, 2.45) is 15.0 Å². The van der Waals surface area contributed by atoms with Crippen molar-refractivity contribution in [2.75, 3.05) is 5.88 Å². The summed E-state index contributed by atoms with van der Waals surface area (Å²) in [6.45, 7) is 0. The van der Waals surface area contributed by atoms with Crippen LogP contribution >= 0.6 is 0 Å². The van der Waals surface area contributed by atoms with E-state index in [9.17, 15) is 4.21 Å². The number of fused-ring (bicyclic) bond motifs is 1. The van der Waals surface area contributed by atoms with Gasteiger partial charge in [-0.3, -0.25) is 9.20 Å². The summed E-state index contributed by atoms with van der Waals surface area (Å²) in [4.78, 5) is 11.4. The highest BCUT2D eigenvalue weighted by Gasteiger charge is 2.24. The van der Waals surface area contributed by atoms with E-state index in [1.807, 2.05) is 0 Å². The molecule has 9 heavy (non-hydrogen) atoms. The third-order valence-electron chi connectivity index (χ3n) is 1.09. The van der Waals surface area contributed by atoms with Crippen LogP contribution in [0.2, 0.25) is 0 Å². The fourth-order valence-electron chi connectivity index (χ4n) is 0.699. The van der Waals surface area contributed by atoms with Gasteiger partial charge in [0.2, 0.25) is 0 Å². The van der Waals surface area contributed by atoms with E-state index in [0.717, 1.165) is 0 Å². The van der Waals surface area contributed by atoms with Crippen molar-refractivity contribution in [2.45, 2.75) is 0 Å². The maximum atomic E-state index is 10.8. The molecule has 0 radical (unpaired) electrons. The Balaban J connectivity index is 2.53. The minimum Gasteiger partial charge on any atom is -0.251 e. The second-order valence-corrected chi connectivity index (χ2v) is 2.97. The molecule has 2 aliphatic rings. The average molecular weight is 141 g/mol. The maximum absolute atomic E-state index is 10.8. The lowest BCUT2D eigenvalue weighted by Crippen LogP contribution is -2.06. The monoisotopic (exact) mass is 141 g/mol. The first-order valence-corrected chi connectivity index (χ1v) is 3.73. The molecular formula is C4H3N3OS. The highest BCUT2D eigenvalue weighted by Crippen LogP contribution is 2.07. The smallest absolute Gasteiger partial charge is 0.185 e. The Morgan fingerprint density at radius 2 is 2.56 bits per heavy atom. The molecule has 0 aromatic rings. The first-order chi connectivity index (χ1) is 4.38. The number of hydrogen-bond donors (Lipinski definition) is 0. The van der Waals surface area contributed by atoms with E-state index in [2.05, 4.69) is 15.0 Å². The van der Waals surface area contributed by atoms with Gasteiger partial charge in [-0.15, -0.1) is 0 Å². The zero-order valence-electron chi connectivity index (χ0n) is 4.44. The second kappa shape index (κ2) is 1.57. The van der Waals surface area contributed by atoms with Crippen LogP contribution in [0.5, 0.6) is 0 Å². The molecular weight excluding hydrogens is 138 g/mol. The molecule has 0 aliphatic carbocycles. The van der Waals surface area contributed by atoms with E-state index in [1.54, 1.807) is 0 Å². The molecule has 0 N–H and O–H groups in total.